The Labute approximate surface area is 108 Å². The molecule has 2 nitrogen and oxygen atoms in total. The van der Waals surface area contributed by atoms with Gasteiger partial charge in [-0.2, -0.15) is 0 Å². The summed E-state index contributed by atoms with van der Waals surface area (Å²) < 4.78 is 0. The predicted molar refractivity (Wildman–Crippen MR) is 79.4 cm³/mol. The Morgan fingerprint density at radius 3 is 2.28 bits per heavy atom. The van der Waals surface area contributed by atoms with E-state index in [-0.39, 0.29) is 0 Å². The maximum absolute atomic E-state index is 3.96. The van der Waals surface area contributed by atoms with Crippen LogP contribution in [0.5, 0.6) is 0 Å². The molecule has 0 aliphatic heterocycles. The first-order valence-electron chi connectivity index (χ1n) is 5.79. The van der Waals surface area contributed by atoms with E-state index in [1.165, 1.54) is 0 Å². The molecule has 2 rings (SSSR count). The van der Waals surface area contributed by atoms with Gasteiger partial charge in [-0.15, -0.1) is 0 Å². The molecule has 0 fully saturated rings. The lowest BCUT2D eigenvalue weighted by Gasteiger charge is -2.14. The van der Waals surface area contributed by atoms with Crippen molar-refractivity contribution in [1.82, 2.24) is 0 Å². The van der Waals surface area contributed by atoms with Gasteiger partial charge in [0.05, 0.1) is 0 Å². The van der Waals surface area contributed by atoms with E-state index in [4.69, 9.17) is 0 Å². The number of hydrogen-bond donors (Lipinski definition) is 2. The highest BCUT2D eigenvalue weighted by molar-refractivity contribution is 5.68. The Kier molecular flexibility index (Phi) is 3.82. The molecule has 0 radical (unpaired) electrons. The van der Waals surface area contributed by atoms with Crippen molar-refractivity contribution >= 4 is 17.5 Å². The van der Waals surface area contributed by atoms with Crippen molar-refractivity contribution in [3.05, 3.63) is 79.1 Å². The van der Waals surface area contributed by atoms with E-state index in [0.29, 0.717) is 0 Å². The second kappa shape index (κ2) is 5.73. The van der Waals surface area contributed by atoms with Gasteiger partial charge in [0.1, 0.15) is 5.82 Å². The van der Waals surface area contributed by atoms with Gasteiger partial charge in [0, 0.05) is 11.4 Å². The lowest BCUT2D eigenvalue weighted by Crippen LogP contribution is -2.08. The summed E-state index contributed by atoms with van der Waals surface area (Å²) in [4.78, 5) is 0. The third-order valence-electron chi connectivity index (χ3n) is 2.54. The van der Waals surface area contributed by atoms with E-state index in [1.807, 2.05) is 60.7 Å². The molecule has 2 aromatic carbocycles. The number of para-hydroxylation sites is 2. The van der Waals surface area contributed by atoms with Crippen LogP contribution in [0.25, 0.3) is 6.08 Å². The van der Waals surface area contributed by atoms with Crippen LogP contribution in [0.3, 0.4) is 0 Å². The van der Waals surface area contributed by atoms with Crippen molar-refractivity contribution in [1.29, 1.82) is 0 Å². The number of anilines is 2. The van der Waals surface area contributed by atoms with E-state index >= 15 is 0 Å². The van der Waals surface area contributed by atoms with Gasteiger partial charge in [0.15, 0.2) is 0 Å². The van der Waals surface area contributed by atoms with Crippen LogP contribution in [0, 0.1) is 0 Å². The lowest BCUT2D eigenvalue weighted by molar-refractivity contribution is 1.38. The Hall–Kier alpha value is -2.48. The SMILES string of the molecule is C=Cc1ccccc1NC(=C)Nc1ccccc1. The molecule has 18 heavy (non-hydrogen) atoms. The zero-order valence-electron chi connectivity index (χ0n) is 10.2. The minimum absolute atomic E-state index is 0.732. The summed E-state index contributed by atoms with van der Waals surface area (Å²) in [6.45, 7) is 7.76. The van der Waals surface area contributed by atoms with Crippen LogP contribution >= 0.6 is 0 Å². The van der Waals surface area contributed by atoms with Gasteiger partial charge in [0.2, 0.25) is 0 Å². The number of hydrogen-bond acceptors (Lipinski definition) is 2. The summed E-state index contributed by atoms with van der Waals surface area (Å²) in [7, 11) is 0. The molecule has 2 heteroatoms. The molecule has 0 amide bonds. The number of nitrogens with one attached hydrogen (secondary N) is 2. The molecule has 0 aromatic heterocycles. The van der Waals surface area contributed by atoms with Crippen LogP contribution in [0.15, 0.2) is 73.6 Å². The largest absolute Gasteiger partial charge is 0.342 e. The second-order valence-corrected chi connectivity index (χ2v) is 3.89. The highest BCUT2D eigenvalue weighted by Crippen LogP contribution is 2.18. The predicted octanol–water partition coefficient (Wildman–Crippen LogP) is 4.32. The molecule has 2 aromatic rings. The van der Waals surface area contributed by atoms with Gasteiger partial charge in [0.25, 0.3) is 0 Å². The molecule has 0 saturated heterocycles. The summed E-state index contributed by atoms with van der Waals surface area (Å²) in [6.07, 6.45) is 1.82. The monoisotopic (exact) mass is 236 g/mol. The van der Waals surface area contributed by atoms with Crippen molar-refractivity contribution in [2.75, 3.05) is 10.6 Å². The van der Waals surface area contributed by atoms with Crippen LogP contribution in [0.4, 0.5) is 11.4 Å². The van der Waals surface area contributed by atoms with Crippen molar-refractivity contribution in [3.63, 3.8) is 0 Å². The average molecular weight is 236 g/mol. The first-order valence-corrected chi connectivity index (χ1v) is 5.79. The third kappa shape index (κ3) is 3.01. The van der Waals surface area contributed by atoms with Crippen molar-refractivity contribution < 1.29 is 0 Å². The zero-order valence-corrected chi connectivity index (χ0v) is 10.2. The van der Waals surface area contributed by atoms with E-state index < -0.39 is 0 Å². The molecule has 0 aliphatic rings. The fraction of sp³-hybridized carbons (Fsp3) is 0. The Morgan fingerprint density at radius 1 is 0.889 bits per heavy atom. The molecular weight excluding hydrogens is 220 g/mol. The van der Waals surface area contributed by atoms with Gasteiger partial charge in [-0.1, -0.05) is 55.6 Å². The van der Waals surface area contributed by atoms with Crippen LogP contribution in [-0.4, -0.2) is 0 Å². The van der Waals surface area contributed by atoms with Gasteiger partial charge in [-0.05, 0) is 23.8 Å². The molecule has 0 aliphatic carbocycles. The van der Waals surface area contributed by atoms with Crippen LogP contribution in [0.1, 0.15) is 5.56 Å². The average Bonchev–Trinajstić information content (AvgIpc) is 2.40. The minimum Gasteiger partial charge on any atom is -0.342 e. The molecule has 0 spiro atoms. The van der Waals surface area contributed by atoms with Crippen molar-refractivity contribution in [3.8, 4) is 0 Å². The topological polar surface area (TPSA) is 24.1 Å². The summed E-state index contributed by atoms with van der Waals surface area (Å²) in [6, 6.07) is 17.9. The summed E-state index contributed by atoms with van der Waals surface area (Å²) >= 11 is 0. The van der Waals surface area contributed by atoms with Gasteiger partial charge in [-0.3, -0.25) is 0 Å². The van der Waals surface area contributed by atoms with E-state index in [2.05, 4.69) is 23.8 Å². The summed E-state index contributed by atoms with van der Waals surface area (Å²) in [5.74, 6) is 0.732. The van der Waals surface area contributed by atoms with E-state index in [0.717, 1.165) is 22.8 Å². The Balaban J connectivity index is 2.05. The minimum atomic E-state index is 0.732. The maximum Gasteiger partial charge on any atom is 0.100 e. The van der Waals surface area contributed by atoms with E-state index in [9.17, 15) is 0 Å². The normalized spacial score (nSPS) is 9.56. The van der Waals surface area contributed by atoms with Gasteiger partial charge < -0.3 is 10.6 Å². The Bertz CT molecular complexity index is 544. The fourth-order valence-corrected chi connectivity index (χ4v) is 1.68. The molecule has 2 N–H and O–H groups in total. The maximum atomic E-state index is 3.96. The Morgan fingerprint density at radius 2 is 1.56 bits per heavy atom. The standard InChI is InChI=1S/C16H16N2/c1-3-14-9-7-8-12-16(14)18-13(2)17-15-10-5-4-6-11-15/h3-12,17-18H,1-2H2. The molecule has 0 heterocycles. The second-order valence-electron chi connectivity index (χ2n) is 3.89. The van der Waals surface area contributed by atoms with Crippen LogP contribution in [0.2, 0.25) is 0 Å². The molecular formula is C16H16N2. The molecule has 0 atom stereocenters. The van der Waals surface area contributed by atoms with Crippen molar-refractivity contribution in [2.24, 2.45) is 0 Å². The number of benzene rings is 2. The lowest BCUT2D eigenvalue weighted by atomic mass is 10.2. The van der Waals surface area contributed by atoms with Crippen molar-refractivity contribution in [2.45, 2.75) is 0 Å². The summed E-state index contributed by atoms with van der Waals surface area (Å²) in [5.41, 5.74) is 3.04. The molecule has 90 valence electrons. The smallest absolute Gasteiger partial charge is 0.100 e. The van der Waals surface area contributed by atoms with E-state index in [1.54, 1.807) is 0 Å². The highest BCUT2D eigenvalue weighted by Gasteiger charge is 1.99. The third-order valence-corrected chi connectivity index (χ3v) is 2.54. The zero-order chi connectivity index (χ0) is 12.8. The molecule has 0 saturated carbocycles. The van der Waals surface area contributed by atoms with Gasteiger partial charge >= 0.3 is 0 Å². The molecule has 0 bridgehead atoms. The number of rotatable bonds is 5. The summed E-state index contributed by atoms with van der Waals surface area (Å²) in [5, 5.41) is 6.43. The highest BCUT2D eigenvalue weighted by atomic mass is 15.1. The fourth-order valence-electron chi connectivity index (χ4n) is 1.68. The van der Waals surface area contributed by atoms with Crippen LogP contribution < -0.4 is 10.6 Å². The first-order chi connectivity index (χ1) is 8.79. The van der Waals surface area contributed by atoms with Crippen LogP contribution in [-0.2, 0) is 0 Å². The quantitative estimate of drug-likeness (QED) is 0.807. The molecule has 0 unspecified atom stereocenters. The van der Waals surface area contributed by atoms with Gasteiger partial charge in [-0.25, -0.2) is 0 Å². The first kappa shape index (κ1) is 12.0.